The normalized spacial score (nSPS) is 14.1. The topological polar surface area (TPSA) is 38.3 Å². The lowest BCUT2D eigenvalue weighted by Crippen LogP contribution is -2.72. The lowest BCUT2D eigenvalue weighted by atomic mass is 9.91. The molecule has 0 saturated heterocycles. The molecule has 1 aromatic rings. The van der Waals surface area contributed by atoms with Crippen molar-refractivity contribution in [3.8, 4) is 5.75 Å². The fourth-order valence-corrected chi connectivity index (χ4v) is 5.79. The van der Waals surface area contributed by atoms with Gasteiger partial charge in [0.25, 0.3) is 5.91 Å². The molecule has 0 heterocycles. The molecule has 0 aromatic heterocycles. The molecule has 0 bridgehead atoms. The summed E-state index contributed by atoms with van der Waals surface area (Å²) in [5.74, 6) is -57.0. The number of allylic oxidation sites excluding steroid dienone is 1. The van der Waals surface area contributed by atoms with Gasteiger partial charge in [0.05, 0.1) is 5.56 Å². The van der Waals surface area contributed by atoms with Gasteiger partial charge >= 0.3 is 47.7 Å². The molecular formula is C38H50F17NO2. The second kappa shape index (κ2) is 23.1. The quantitative estimate of drug-likeness (QED) is 0.0475. The van der Waals surface area contributed by atoms with Crippen molar-refractivity contribution in [3.05, 3.63) is 41.7 Å². The number of nitrogens with one attached hydrogen (secondary N) is 1. The molecule has 0 aliphatic heterocycles. The van der Waals surface area contributed by atoms with Gasteiger partial charge in [0, 0.05) is 6.54 Å². The maximum absolute atomic E-state index is 14.4. The van der Waals surface area contributed by atoms with Crippen molar-refractivity contribution in [1.82, 2.24) is 5.32 Å². The van der Waals surface area contributed by atoms with Gasteiger partial charge in [-0.3, -0.25) is 4.79 Å². The van der Waals surface area contributed by atoms with E-state index in [4.69, 9.17) is 0 Å². The molecule has 0 atom stereocenters. The van der Waals surface area contributed by atoms with Crippen LogP contribution in [-0.4, -0.2) is 54.2 Å². The summed E-state index contributed by atoms with van der Waals surface area (Å²) < 4.78 is 234. The Morgan fingerprint density at radius 3 is 1.24 bits per heavy atom. The van der Waals surface area contributed by atoms with Gasteiger partial charge in [0.15, 0.2) is 0 Å². The van der Waals surface area contributed by atoms with Gasteiger partial charge in [-0.05, 0) is 18.6 Å². The highest BCUT2D eigenvalue weighted by atomic mass is 19.4. The number of para-hydroxylation sites is 1. The molecule has 0 fully saturated rings. The van der Waals surface area contributed by atoms with E-state index in [0.29, 0.717) is 18.9 Å². The first-order chi connectivity index (χ1) is 26.8. The van der Waals surface area contributed by atoms with Crippen LogP contribution < -0.4 is 10.1 Å². The van der Waals surface area contributed by atoms with Crippen molar-refractivity contribution in [3.63, 3.8) is 0 Å². The Hall–Kier alpha value is -2.96. The summed E-state index contributed by atoms with van der Waals surface area (Å²) >= 11 is 0. The van der Waals surface area contributed by atoms with Crippen LogP contribution in [0.15, 0.2) is 36.1 Å². The van der Waals surface area contributed by atoms with Crippen LogP contribution >= 0.6 is 0 Å². The summed E-state index contributed by atoms with van der Waals surface area (Å²) in [4.78, 5) is 12.6. The number of rotatable bonds is 30. The average Bonchev–Trinajstić information content (AvgIpc) is 3.14. The van der Waals surface area contributed by atoms with Crippen LogP contribution in [0, 0.1) is 0 Å². The minimum Gasteiger partial charge on any atom is -0.429 e. The third-order valence-corrected chi connectivity index (χ3v) is 9.42. The average molecular weight is 876 g/mol. The summed E-state index contributed by atoms with van der Waals surface area (Å²) in [6, 6.07) is -0.346. The Morgan fingerprint density at radius 2 is 0.845 bits per heavy atom. The maximum Gasteiger partial charge on any atom is 0.460 e. The Labute approximate surface area is 326 Å². The zero-order valence-corrected chi connectivity index (χ0v) is 31.9. The monoisotopic (exact) mass is 875 g/mol. The Balaban J connectivity index is 2.63. The van der Waals surface area contributed by atoms with Gasteiger partial charge in [-0.2, -0.15) is 74.6 Å². The number of unbranched alkanes of at least 4 members (excludes halogenated alkanes) is 19. The van der Waals surface area contributed by atoms with Gasteiger partial charge < -0.3 is 10.1 Å². The predicted molar refractivity (Wildman–Crippen MR) is 182 cm³/mol. The van der Waals surface area contributed by atoms with Crippen LogP contribution in [0.3, 0.4) is 0 Å². The van der Waals surface area contributed by atoms with Crippen molar-refractivity contribution >= 4 is 5.91 Å². The first-order valence-corrected chi connectivity index (χ1v) is 19.2. The largest absolute Gasteiger partial charge is 0.460 e. The second-order valence-corrected chi connectivity index (χ2v) is 14.1. The van der Waals surface area contributed by atoms with Gasteiger partial charge in [0.1, 0.15) is 5.75 Å². The summed E-state index contributed by atoms with van der Waals surface area (Å²) in [6.45, 7) is 2.18. The molecule has 0 spiro atoms. The fourth-order valence-electron chi connectivity index (χ4n) is 5.79. The molecule has 1 N–H and O–H groups in total. The zero-order chi connectivity index (χ0) is 44.5. The van der Waals surface area contributed by atoms with Crippen LogP contribution in [0.4, 0.5) is 74.6 Å². The smallest absolute Gasteiger partial charge is 0.429 e. The highest BCUT2D eigenvalue weighted by Gasteiger charge is 2.94. The number of hydrogen-bond donors (Lipinski definition) is 1. The van der Waals surface area contributed by atoms with E-state index in [1.165, 1.54) is 77.0 Å². The van der Waals surface area contributed by atoms with Crippen molar-refractivity contribution in [2.75, 3.05) is 6.54 Å². The number of carbonyl (C=O) groups is 1. The third-order valence-electron chi connectivity index (χ3n) is 9.42. The number of halogens is 17. The molecule has 1 aromatic carbocycles. The SMILES string of the molecule is CCCCCCCCCCCCCCCCCCCCCCNC(=O)c1ccccc1OC(F)=C(F)C(F)(F)C(F)(F)C(F)(F)C(F)(F)C(F)(F)C(F)(F)C(F)(F)F. The summed E-state index contributed by atoms with van der Waals surface area (Å²) in [7, 11) is 0. The molecule has 20 heteroatoms. The molecule has 1 amide bonds. The molecular weight excluding hydrogens is 825 g/mol. The summed E-state index contributed by atoms with van der Waals surface area (Å²) in [5, 5.41) is 2.31. The van der Waals surface area contributed by atoms with Crippen molar-refractivity contribution in [2.24, 2.45) is 0 Å². The third kappa shape index (κ3) is 13.5. The number of amides is 1. The van der Waals surface area contributed by atoms with Gasteiger partial charge in [0.2, 0.25) is 5.83 Å². The van der Waals surface area contributed by atoms with E-state index in [1.807, 2.05) is 0 Å². The molecule has 0 radical (unpaired) electrons. The highest BCUT2D eigenvalue weighted by Crippen LogP contribution is 2.63. The Morgan fingerprint density at radius 1 is 0.500 bits per heavy atom. The fraction of sp³-hybridized carbons (Fsp3) is 0.763. The molecule has 0 aliphatic carbocycles. The van der Waals surface area contributed by atoms with Gasteiger partial charge in [-0.25, -0.2) is 0 Å². The van der Waals surface area contributed by atoms with E-state index in [1.54, 1.807) is 0 Å². The molecule has 0 unspecified atom stereocenters. The van der Waals surface area contributed by atoms with E-state index in [-0.39, 0.29) is 6.54 Å². The summed E-state index contributed by atoms with van der Waals surface area (Å²) in [5.41, 5.74) is -0.792. The lowest BCUT2D eigenvalue weighted by molar-refractivity contribution is -0.451. The van der Waals surface area contributed by atoms with Crippen LogP contribution in [-0.2, 0) is 0 Å². The molecule has 3 nitrogen and oxygen atoms in total. The maximum atomic E-state index is 14.4. The van der Waals surface area contributed by atoms with E-state index < -0.39 is 70.8 Å². The van der Waals surface area contributed by atoms with Crippen LogP contribution in [0.2, 0.25) is 0 Å². The van der Waals surface area contributed by atoms with Gasteiger partial charge in [-0.1, -0.05) is 141 Å². The van der Waals surface area contributed by atoms with Crippen LogP contribution in [0.5, 0.6) is 5.75 Å². The van der Waals surface area contributed by atoms with E-state index in [9.17, 15) is 79.4 Å². The standard InChI is InChI=1S/C38H50F17NO2/c1-2-3-4-5-6-7-8-9-10-11-12-13-14-15-16-17-18-19-20-23-26-56-31(57)27-24-21-22-25-28(27)58-30(40)29(39)32(41,42)33(43,44)34(45,46)35(47,48)36(49,50)37(51,52)38(53,54)55/h21-22,24-25H,2-20,23,26H2,1H3,(H,56,57). The number of ether oxygens (including phenoxy) is 1. The molecule has 1 rings (SSSR count). The number of carbonyl (C=O) groups excluding carboxylic acids is 1. The molecule has 0 aliphatic rings. The first kappa shape index (κ1) is 53.1. The Bertz CT molecular complexity index is 1400. The minimum absolute atomic E-state index is 0.0234. The van der Waals surface area contributed by atoms with Crippen molar-refractivity contribution < 1.29 is 84.2 Å². The molecule has 338 valence electrons. The molecule has 58 heavy (non-hydrogen) atoms. The second-order valence-electron chi connectivity index (χ2n) is 14.1. The first-order valence-electron chi connectivity index (χ1n) is 19.2. The van der Waals surface area contributed by atoms with E-state index in [0.717, 1.165) is 56.7 Å². The van der Waals surface area contributed by atoms with Crippen molar-refractivity contribution in [1.29, 1.82) is 0 Å². The highest BCUT2D eigenvalue weighted by molar-refractivity contribution is 5.96. The minimum atomic E-state index is -8.68. The molecule has 0 saturated carbocycles. The predicted octanol–water partition coefficient (Wildman–Crippen LogP) is 15.1. The van der Waals surface area contributed by atoms with E-state index in [2.05, 4.69) is 17.0 Å². The summed E-state index contributed by atoms with van der Waals surface area (Å²) in [6.07, 6.45) is 14.7. The Kier molecular flexibility index (Phi) is 21.2. The number of benzene rings is 1. The van der Waals surface area contributed by atoms with Crippen LogP contribution in [0.25, 0.3) is 0 Å². The zero-order valence-electron chi connectivity index (χ0n) is 31.9. The van der Waals surface area contributed by atoms with Gasteiger partial charge in [-0.15, -0.1) is 0 Å². The van der Waals surface area contributed by atoms with Crippen molar-refractivity contribution in [2.45, 2.75) is 177 Å². The lowest BCUT2D eigenvalue weighted by Gasteiger charge is -2.41. The number of alkyl halides is 15. The van der Waals surface area contributed by atoms with Crippen LogP contribution in [0.1, 0.15) is 146 Å². The van der Waals surface area contributed by atoms with E-state index >= 15 is 0 Å². The number of hydrogen-bond acceptors (Lipinski definition) is 2.